The third-order valence-corrected chi connectivity index (χ3v) is 27.1. The van der Waals surface area contributed by atoms with Crippen LogP contribution < -0.4 is 19.6 Å². The Morgan fingerprint density at radius 2 is 0.273 bits per heavy atom. The maximum atomic E-state index is 15.0. The molecular weight excluding hydrogens is 1920 g/mol. The highest BCUT2D eigenvalue weighted by Gasteiger charge is 2.30. The lowest BCUT2D eigenvalue weighted by atomic mass is 9.91. The second-order valence-corrected chi connectivity index (χ2v) is 37.2. The van der Waals surface area contributed by atoms with Crippen LogP contribution in [0.1, 0.15) is 11.1 Å². The molecule has 24 aromatic rings. The molecule has 0 aliphatic heterocycles. The van der Waals surface area contributed by atoms with Crippen LogP contribution in [0.5, 0.6) is 0 Å². The predicted octanol–water partition coefficient (Wildman–Crippen LogP) is 39.2. The van der Waals surface area contributed by atoms with Gasteiger partial charge in [-0.2, -0.15) is 0 Å². The Labute approximate surface area is 849 Å². The number of para-hydroxylation sites is 2. The van der Waals surface area contributed by atoms with Gasteiger partial charge in [0.2, 0.25) is 0 Å². The number of nitrogens with zero attached hydrogens (tertiary/aromatic N) is 4. The number of anilines is 12. The molecule has 728 valence electrons. The largest absolute Gasteiger partial charge is 0.310 e. The van der Waals surface area contributed by atoms with Crippen molar-refractivity contribution in [3.8, 4) is 89.0 Å². The second-order valence-electron chi connectivity index (χ2n) is 37.2. The summed E-state index contributed by atoms with van der Waals surface area (Å²) in [7, 11) is 0. The molecule has 0 saturated heterocycles. The molecule has 150 heavy (non-hydrogen) atoms. The van der Waals surface area contributed by atoms with Crippen molar-refractivity contribution < 1.29 is 70.2 Å². The molecule has 0 aliphatic carbocycles. The third kappa shape index (κ3) is 18.8. The fourth-order valence-electron chi connectivity index (χ4n) is 20.6. The van der Waals surface area contributed by atoms with E-state index in [-0.39, 0.29) is 44.5 Å². The van der Waals surface area contributed by atoms with E-state index in [0.29, 0.717) is 101 Å². The summed E-state index contributed by atoms with van der Waals surface area (Å²) in [5.74, 6) is -12.7. The van der Waals surface area contributed by atoms with Crippen LogP contribution in [0.3, 0.4) is 0 Å². The molecule has 0 aromatic heterocycles. The van der Waals surface area contributed by atoms with Crippen LogP contribution in [0.15, 0.2) is 425 Å². The van der Waals surface area contributed by atoms with Crippen LogP contribution in [0, 0.1) is 107 Å². The van der Waals surface area contributed by atoms with Gasteiger partial charge >= 0.3 is 0 Å². The first-order valence-corrected chi connectivity index (χ1v) is 47.7. The minimum absolute atomic E-state index is 0.213. The average molecular weight is 2000 g/mol. The lowest BCUT2D eigenvalue weighted by molar-refractivity contribution is 0.583. The van der Waals surface area contributed by atoms with Gasteiger partial charge in [0, 0.05) is 116 Å². The molecule has 0 aliphatic rings. The van der Waals surface area contributed by atoms with Gasteiger partial charge in [-0.25, -0.2) is 70.2 Å². The third-order valence-electron chi connectivity index (χ3n) is 27.1. The first kappa shape index (κ1) is 95.0. The molecule has 0 atom stereocenters. The van der Waals surface area contributed by atoms with Crippen molar-refractivity contribution in [2.75, 3.05) is 19.6 Å². The van der Waals surface area contributed by atoms with Crippen molar-refractivity contribution in [1.82, 2.24) is 0 Å². The first-order valence-electron chi connectivity index (χ1n) is 47.7. The van der Waals surface area contributed by atoms with E-state index in [1.165, 1.54) is 97.1 Å². The van der Waals surface area contributed by atoms with E-state index in [2.05, 4.69) is 0 Å². The van der Waals surface area contributed by atoms with Gasteiger partial charge in [0.15, 0.2) is 0 Å². The van der Waals surface area contributed by atoms with E-state index in [4.69, 9.17) is 0 Å². The molecule has 0 spiro atoms. The summed E-state index contributed by atoms with van der Waals surface area (Å²) in [5, 5.41) is 10.5. The predicted molar refractivity (Wildman–Crippen MR) is 571 cm³/mol. The quantitative estimate of drug-likeness (QED) is 0.0557. The Morgan fingerprint density at radius 1 is 0.127 bits per heavy atom. The molecule has 0 saturated carbocycles. The Balaban J connectivity index is 0.000000164. The summed E-state index contributed by atoms with van der Waals surface area (Å²) < 4.78 is 239. The van der Waals surface area contributed by atoms with Crippen LogP contribution in [0.2, 0.25) is 0 Å². The number of aryl methyl sites for hydroxylation is 2. The molecule has 0 unspecified atom stereocenters. The molecule has 0 heterocycles. The van der Waals surface area contributed by atoms with E-state index in [0.717, 1.165) is 136 Å². The van der Waals surface area contributed by atoms with Gasteiger partial charge in [0.1, 0.15) is 93.1 Å². The van der Waals surface area contributed by atoms with E-state index in [1.807, 2.05) is 240 Å². The van der Waals surface area contributed by atoms with E-state index >= 15 is 0 Å². The van der Waals surface area contributed by atoms with E-state index in [9.17, 15) is 70.2 Å². The highest BCUT2D eigenvalue weighted by molar-refractivity contribution is 6.30. The molecule has 24 aromatic carbocycles. The van der Waals surface area contributed by atoms with E-state index in [1.54, 1.807) is 72.8 Å². The number of benzene rings is 24. The first-order chi connectivity index (χ1) is 72.6. The Kier molecular flexibility index (Phi) is 24.5. The number of hydrogen-bond donors (Lipinski definition) is 0. The minimum atomic E-state index is -0.794. The van der Waals surface area contributed by atoms with Gasteiger partial charge in [-0.1, -0.05) is 145 Å². The SMILES string of the molecule is Cc1ccc(N(c2cc(-c3cc(F)cc(F)c3)cc(-c3cc(F)cc(F)c3)c2)c2ccc3ccc4c(N(c5ccc(C)cc5)c5cc(-c6cc(F)cc(F)c6)cc(-c6cc(F)cc(F)c6)c5)ccc5ccc2c3c54)cc1.Fc1cc(F)cc(-c2cc(-c3cc(F)cc(F)c3)cc(N(c3ccccc3)c3ccc4ccc5c(N(c6ccccc6)c6cc(-c7cc(F)cc(F)c7)cc(-c7cc(F)cc(F)c7)c6)ccc6ccc3c4c65)c2)c1. The molecule has 4 nitrogen and oxygen atoms in total. The average Bonchev–Trinajstić information content (AvgIpc) is 0.718. The second kappa shape index (κ2) is 38.8. The van der Waals surface area contributed by atoms with Crippen LogP contribution in [0.25, 0.3) is 154 Å². The molecule has 0 fully saturated rings. The summed E-state index contributed by atoms with van der Waals surface area (Å²) in [6.45, 7) is 3.94. The molecule has 20 heteroatoms. The Hall–Kier alpha value is -18.6. The maximum absolute atomic E-state index is 15.0. The Morgan fingerprint density at radius 3 is 0.440 bits per heavy atom. The lowest BCUT2D eigenvalue weighted by Crippen LogP contribution is -2.12. The molecule has 24 rings (SSSR count). The zero-order valence-electron chi connectivity index (χ0n) is 79.3. The van der Waals surface area contributed by atoms with Crippen molar-refractivity contribution >= 4 is 133 Å². The van der Waals surface area contributed by atoms with Gasteiger partial charge < -0.3 is 19.6 Å². The number of halogens is 16. The van der Waals surface area contributed by atoms with Crippen LogP contribution >= 0.6 is 0 Å². The van der Waals surface area contributed by atoms with Crippen molar-refractivity contribution in [3.63, 3.8) is 0 Å². The summed E-state index contributed by atoms with van der Waals surface area (Å²) in [6, 6.07) is 113. The van der Waals surface area contributed by atoms with Crippen molar-refractivity contribution in [2.24, 2.45) is 0 Å². The molecule has 0 radical (unpaired) electrons. The molecule has 0 amide bonds. The number of hydrogen-bond acceptors (Lipinski definition) is 4. The van der Waals surface area contributed by atoms with Crippen molar-refractivity contribution in [1.29, 1.82) is 0 Å². The fourth-order valence-corrected chi connectivity index (χ4v) is 20.6. The molecular formula is C130H76F16N4. The van der Waals surface area contributed by atoms with Gasteiger partial charge in [-0.3, -0.25) is 0 Å². The summed E-state index contributed by atoms with van der Waals surface area (Å²) >= 11 is 0. The summed E-state index contributed by atoms with van der Waals surface area (Å²) in [6.07, 6.45) is 0. The monoisotopic (exact) mass is 2000 g/mol. The standard InChI is InChI=1S/C66H40F8N2.C64H36F8N2/c1-37-3-11-57(12-4-37)75(59-29-41(45-21-49(67)33-50(68)22-45)19-42(30-59)46-23-51(69)34-52(70)24-46)63-17-9-39-8-16-62-64(18-10-40-7-15-61(63)65(39)66(40)62)76(58-13-5-38(2)6-14-58)60-31-43(47-25-53(71)35-54(72)26-47)20-44(32-60)48-27-55(73)36-56(74)28-48;65-47-21-43(22-48(66)33-47)39-19-40(44-23-49(67)34-50(68)24-44)30-57(29-39)73(55-7-3-1-4-8-55)61-17-13-37-12-16-60-62(18-14-38-11-15-59(61)63(37)64(38)60)74(56-9-5-2-6-10-56)58-31-41(45-25-51(69)35-52(70)26-45)20-42(32-58)46-27-53(71)36-54(72)28-46/h3-36H,1-2H3;1-36H. The summed E-state index contributed by atoms with van der Waals surface area (Å²) in [4.78, 5) is 8.03. The van der Waals surface area contributed by atoms with Crippen LogP contribution in [-0.4, -0.2) is 0 Å². The summed E-state index contributed by atoms with van der Waals surface area (Å²) in [5.41, 5.74) is 14.7. The molecule has 0 bridgehead atoms. The van der Waals surface area contributed by atoms with Gasteiger partial charge in [-0.05, 0) is 389 Å². The normalized spacial score (nSPS) is 11.5. The Bertz CT molecular complexity index is 8490. The van der Waals surface area contributed by atoms with Crippen LogP contribution in [0.4, 0.5) is 138 Å². The number of rotatable bonds is 20. The highest BCUT2D eigenvalue weighted by atomic mass is 19.2. The topological polar surface area (TPSA) is 13.0 Å². The lowest BCUT2D eigenvalue weighted by Gasteiger charge is -2.30. The van der Waals surface area contributed by atoms with Gasteiger partial charge in [0.05, 0.1) is 22.7 Å². The highest BCUT2D eigenvalue weighted by Crippen LogP contribution is 2.54. The van der Waals surface area contributed by atoms with Crippen molar-refractivity contribution in [3.05, 3.63) is 529 Å². The maximum Gasteiger partial charge on any atom is 0.126 e. The smallest absolute Gasteiger partial charge is 0.126 e. The van der Waals surface area contributed by atoms with E-state index < -0.39 is 93.1 Å². The fraction of sp³-hybridized carbons (Fsp3) is 0.0154. The van der Waals surface area contributed by atoms with Crippen LogP contribution in [-0.2, 0) is 0 Å². The molecule has 0 N–H and O–H groups in total. The van der Waals surface area contributed by atoms with Gasteiger partial charge in [-0.15, -0.1) is 0 Å². The van der Waals surface area contributed by atoms with Gasteiger partial charge in [0.25, 0.3) is 0 Å². The van der Waals surface area contributed by atoms with Crippen molar-refractivity contribution in [2.45, 2.75) is 13.8 Å². The zero-order chi connectivity index (χ0) is 103. The minimum Gasteiger partial charge on any atom is -0.310 e. The zero-order valence-corrected chi connectivity index (χ0v) is 79.3.